The number of hydrogen-bond donors (Lipinski definition) is 2. The van der Waals surface area contributed by atoms with E-state index in [-0.39, 0.29) is 0 Å². The molecule has 1 saturated carbocycles. The summed E-state index contributed by atoms with van der Waals surface area (Å²) < 4.78 is 0. The van der Waals surface area contributed by atoms with Crippen molar-refractivity contribution in [2.75, 3.05) is 6.54 Å². The third-order valence-corrected chi connectivity index (χ3v) is 3.77. The summed E-state index contributed by atoms with van der Waals surface area (Å²) in [5.41, 5.74) is 2.11. The van der Waals surface area contributed by atoms with Crippen molar-refractivity contribution in [2.24, 2.45) is 11.3 Å². The molecule has 1 aliphatic carbocycles. The van der Waals surface area contributed by atoms with Crippen LogP contribution in [0, 0.1) is 11.3 Å². The molecule has 0 saturated heterocycles. The molecule has 19 heavy (non-hydrogen) atoms. The Morgan fingerprint density at radius 2 is 1.84 bits per heavy atom. The van der Waals surface area contributed by atoms with Crippen LogP contribution in [0.3, 0.4) is 0 Å². The lowest BCUT2D eigenvalue weighted by Crippen LogP contribution is -2.29. The van der Waals surface area contributed by atoms with E-state index in [4.69, 9.17) is 5.11 Å². The van der Waals surface area contributed by atoms with Crippen LogP contribution in [0.15, 0.2) is 24.3 Å². The Morgan fingerprint density at radius 3 is 2.32 bits per heavy atom. The van der Waals surface area contributed by atoms with Gasteiger partial charge < -0.3 is 10.4 Å². The van der Waals surface area contributed by atoms with Gasteiger partial charge in [0.05, 0.1) is 5.41 Å². The number of carbonyl (C=O) groups is 1. The van der Waals surface area contributed by atoms with Crippen LogP contribution in [-0.2, 0) is 17.8 Å². The van der Waals surface area contributed by atoms with Gasteiger partial charge in [0.1, 0.15) is 0 Å². The summed E-state index contributed by atoms with van der Waals surface area (Å²) >= 11 is 0. The van der Waals surface area contributed by atoms with E-state index in [2.05, 4.69) is 43.4 Å². The predicted octanol–water partition coefficient (Wildman–Crippen LogP) is 2.84. The maximum atomic E-state index is 11.0. The van der Waals surface area contributed by atoms with Gasteiger partial charge in [-0.2, -0.15) is 0 Å². The van der Waals surface area contributed by atoms with Crippen LogP contribution in [0.2, 0.25) is 0 Å². The largest absolute Gasteiger partial charge is 0.481 e. The molecule has 1 aliphatic rings. The van der Waals surface area contributed by atoms with E-state index in [1.165, 1.54) is 11.1 Å². The van der Waals surface area contributed by atoms with Gasteiger partial charge in [0.15, 0.2) is 0 Å². The number of nitrogens with one attached hydrogen (secondary N) is 1. The van der Waals surface area contributed by atoms with Crippen LogP contribution in [-0.4, -0.2) is 17.6 Å². The minimum atomic E-state index is -0.660. The maximum Gasteiger partial charge on any atom is 0.310 e. The number of aliphatic carboxylic acids is 1. The van der Waals surface area contributed by atoms with Gasteiger partial charge in [0.2, 0.25) is 0 Å². The molecule has 1 fully saturated rings. The highest BCUT2D eigenvalue weighted by molar-refractivity contribution is 5.78. The number of benzene rings is 1. The molecule has 1 aromatic carbocycles. The van der Waals surface area contributed by atoms with Crippen LogP contribution < -0.4 is 5.32 Å². The summed E-state index contributed by atoms with van der Waals surface area (Å²) in [5.74, 6) is 0.0153. The van der Waals surface area contributed by atoms with Crippen molar-refractivity contribution in [3.63, 3.8) is 0 Å². The van der Waals surface area contributed by atoms with Crippen LogP contribution in [0.4, 0.5) is 0 Å². The molecule has 104 valence electrons. The molecular weight excluding hydrogens is 238 g/mol. The van der Waals surface area contributed by atoms with Crippen molar-refractivity contribution in [3.8, 4) is 0 Å². The normalized spacial score (nSPS) is 16.6. The highest BCUT2D eigenvalue weighted by atomic mass is 16.4. The lowest BCUT2D eigenvalue weighted by atomic mass is 10.0. The SMILES string of the molecule is CC(C)Cc1ccc(CNCC2(C(=O)O)CC2)cc1. The van der Waals surface area contributed by atoms with Crippen LogP contribution in [0.1, 0.15) is 37.8 Å². The molecular formula is C16H23NO2. The number of carboxylic acid groups (broad SMARTS) is 1. The summed E-state index contributed by atoms with van der Waals surface area (Å²) in [6.45, 7) is 5.76. The second kappa shape index (κ2) is 5.74. The smallest absolute Gasteiger partial charge is 0.310 e. The first kappa shape index (κ1) is 14.1. The van der Waals surface area contributed by atoms with Crippen LogP contribution >= 0.6 is 0 Å². The molecule has 0 bridgehead atoms. The fraction of sp³-hybridized carbons (Fsp3) is 0.562. The van der Waals surface area contributed by atoms with Gasteiger partial charge in [0, 0.05) is 13.1 Å². The second-order valence-electron chi connectivity index (χ2n) is 6.10. The topological polar surface area (TPSA) is 49.3 Å². The fourth-order valence-electron chi connectivity index (χ4n) is 2.33. The summed E-state index contributed by atoms with van der Waals surface area (Å²) in [7, 11) is 0. The second-order valence-corrected chi connectivity index (χ2v) is 6.10. The molecule has 1 aromatic rings. The van der Waals surface area contributed by atoms with E-state index in [9.17, 15) is 4.79 Å². The zero-order valence-electron chi connectivity index (χ0n) is 11.8. The Labute approximate surface area is 115 Å². The Balaban J connectivity index is 1.79. The molecule has 0 heterocycles. The Morgan fingerprint density at radius 1 is 1.26 bits per heavy atom. The highest BCUT2D eigenvalue weighted by Gasteiger charge is 2.49. The molecule has 0 atom stereocenters. The first-order chi connectivity index (χ1) is 9.02. The average molecular weight is 261 g/mol. The van der Waals surface area contributed by atoms with E-state index in [0.29, 0.717) is 12.5 Å². The van der Waals surface area contributed by atoms with Crippen LogP contribution in [0.5, 0.6) is 0 Å². The molecule has 0 aliphatic heterocycles. The summed E-state index contributed by atoms with van der Waals surface area (Å²) in [5, 5.41) is 12.3. The quantitative estimate of drug-likeness (QED) is 0.793. The van der Waals surface area contributed by atoms with Crippen molar-refractivity contribution in [2.45, 2.75) is 39.7 Å². The molecule has 2 N–H and O–H groups in total. The van der Waals surface area contributed by atoms with Gasteiger partial charge >= 0.3 is 5.97 Å². The summed E-state index contributed by atoms with van der Waals surface area (Å²) in [4.78, 5) is 11.0. The highest BCUT2D eigenvalue weighted by Crippen LogP contribution is 2.45. The lowest BCUT2D eigenvalue weighted by molar-refractivity contribution is -0.143. The Kier molecular flexibility index (Phi) is 4.25. The van der Waals surface area contributed by atoms with Gasteiger partial charge in [-0.3, -0.25) is 4.79 Å². The number of carboxylic acids is 1. The van der Waals surface area contributed by atoms with Gasteiger partial charge in [0.25, 0.3) is 0 Å². The molecule has 0 aromatic heterocycles. The van der Waals surface area contributed by atoms with Gasteiger partial charge in [-0.1, -0.05) is 38.1 Å². The minimum absolute atomic E-state index is 0.475. The molecule has 3 nitrogen and oxygen atoms in total. The predicted molar refractivity (Wildman–Crippen MR) is 76.0 cm³/mol. The third kappa shape index (κ3) is 3.80. The van der Waals surface area contributed by atoms with Crippen molar-refractivity contribution in [1.29, 1.82) is 0 Å². The zero-order chi connectivity index (χ0) is 13.9. The van der Waals surface area contributed by atoms with E-state index >= 15 is 0 Å². The van der Waals surface area contributed by atoms with Crippen molar-refractivity contribution >= 4 is 5.97 Å². The molecule has 0 unspecified atom stereocenters. The van der Waals surface area contributed by atoms with E-state index in [1.54, 1.807) is 0 Å². The van der Waals surface area contributed by atoms with Gasteiger partial charge in [-0.05, 0) is 36.3 Å². The van der Waals surface area contributed by atoms with Crippen molar-refractivity contribution in [3.05, 3.63) is 35.4 Å². The minimum Gasteiger partial charge on any atom is -0.481 e. The molecule has 3 heteroatoms. The fourth-order valence-corrected chi connectivity index (χ4v) is 2.33. The number of rotatable bonds is 7. The zero-order valence-corrected chi connectivity index (χ0v) is 11.8. The monoisotopic (exact) mass is 261 g/mol. The Hall–Kier alpha value is -1.35. The van der Waals surface area contributed by atoms with Gasteiger partial charge in [-0.15, -0.1) is 0 Å². The number of hydrogen-bond acceptors (Lipinski definition) is 2. The first-order valence-electron chi connectivity index (χ1n) is 7.04. The first-order valence-corrected chi connectivity index (χ1v) is 7.04. The maximum absolute atomic E-state index is 11.0. The molecule has 2 rings (SSSR count). The van der Waals surface area contributed by atoms with E-state index in [1.807, 2.05) is 0 Å². The molecule has 0 spiro atoms. The van der Waals surface area contributed by atoms with E-state index in [0.717, 1.165) is 25.8 Å². The molecule has 0 amide bonds. The molecule has 0 radical (unpaired) electrons. The van der Waals surface area contributed by atoms with Crippen molar-refractivity contribution < 1.29 is 9.90 Å². The van der Waals surface area contributed by atoms with Crippen molar-refractivity contribution in [1.82, 2.24) is 5.32 Å². The standard InChI is InChI=1S/C16H23NO2/c1-12(2)9-13-3-5-14(6-4-13)10-17-11-16(7-8-16)15(18)19/h3-6,12,17H,7-11H2,1-2H3,(H,18,19). The Bertz CT molecular complexity index is 433. The third-order valence-electron chi connectivity index (χ3n) is 3.77. The van der Waals surface area contributed by atoms with E-state index < -0.39 is 11.4 Å². The summed E-state index contributed by atoms with van der Waals surface area (Å²) in [6.07, 6.45) is 2.72. The van der Waals surface area contributed by atoms with Gasteiger partial charge in [-0.25, -0.2) is 0 Å². The van der Waals surface area contributed by atoms with Crippen LogP contribution in [0.25, 0.3) is 0 Å². The average Bonchev–Trinajstić information content (AvgIpc) is 3.12. The lowest BCUT2D eigenvalue weighted by Gasteiger charge is -2.11. The summed E-state index contributed by atoms with van der Waals surface area (Å²) in [6, 6.07) is 8.60.